The number of hydrogen-bond donors (Lipinski definition) is 1. The molecule has 0 saturated heterocycles. The molecule has 146 valence electrons. The van der Waals surface area contributed by atoms with Crippen LogP contribution in [0.3, 0.4) is 0 Å². The fourth-order valence-corrected chi connectivity index (χ4v) is 4.45. The molecule has 1 aromatic carbocycles. The van der Waals surface area contributed by atoms with Crippen LogP contribution < -0.4 is 14.4 Å². The number of thioether (sulfide) groups is 1. The number of benzene rings is 1. The van der Waals surface area contributed by atoms with Gasteiger partial charge < -0.3 is 10.1 Å². The first-order chi connectivity index (χ1) is 12.0. The second-order valence-corrected chi connectivity index (χ2v) is 11.4. The Kier molecular flexibility index (Phi) is 6.74. The van der Waals surface area contributed by atoms with E-state index in [0.717, 1.165) is 12.0 Å². The Labute approximate surface area is 164 Å². The zero-order valence-corrected chi connectivity index (χ0v) is 17.8. The van der Waals surface area contributed by atoms with Crippen molar-refractivity contribution in [3.8, 4) is 5.75 Å². The van der Waals surface area contributed by atoms with E-state index in [0.29, 0.717) is 23.0 Å². The number of sulfonamides is 1. The standard InChI is InChI=1S/C17H25ClN2O4S2/c1-17(2,3)25-10-8-19-16(21)15-7-9-20(26(4,22)23)13-11-12(18)5-6-14(13)24-15/h5-6,11,15H,7-10H2,1-4H3,(H,19,21)/t15-/m1/s1. The Morgan fingerprint density at radius 1 is 1.42 bits per heavy atom. The van der Waals surface area contributed by atoms with E-state index in [9.17, 15) is 13.2 Å². The van der Waals surface area contributed by atoms with Gasteiger partial charge in [-0.15, -0.1) is 0 Å². The molecule has 2 rings (SSSR count). The molecular formula is C17H25ClN2O4S2. The summed E-state index contributed by atoms with van der Waals surface area (Å²) in [6.45, 7) is 7.05. The molecule has 0 unspecified atom stereocenters. The van der Waals surface area contributed by atoms with Gasteiger partial charge in [-0.05, 0) is 18.2 Å². The van der Waals surface area contributed by atoms with Crippen LogP contribution in [-0.4, -0.2) is 50.3 Å². The third kappa shape index (κ3) is 5.96. The number of carbonyl (C=O) groups is 1. The van der Waals surface area contributed by atoms with E-state index in [4.69, 9.17) is 16.3 Å². The number of nitrogens with zero attached hydrogens (tertiary/aromatic N) is 1. The molecule has 0 aromatic heterocycles. The summed E-state index contributed by atoms with van der Waals surface area (Å²) in [5, 5.41) is 3.28. The Hall–Kier alpha value is -1.12. The van der Waals surface area contributed by atoms with Crippen molar-refractivity contribution in [1.29, 1.82) is 0 Å². The van der Waals surface area contributed by atoms with Crippen molar-refractivity contribution < 1.29 is 17.9 Å². The van der Waals surface area contributed by atoms with E-state index < -0.39 is 16.1 Å². The number of ether oxygens (including phenoxy) is 1. The maximum absolute atomic E-state index is 12.5. The van der Waals surface area contributed by atoms with Gasteiger partial charge in [0.05, 0.1) is 11.9 Å². The number of anilines is 1. The van der Waals surface area contributed by atoms with Crippen molar-refractivity contribution in [2.45, 2.75) is 38.0 Å². The summed E-state index contributed by atoms with van der Waals surface area (Å²) in [7, 11) is -3.51. The summed E-state index contributed by atoms with van der Waals surface area (Å²) in [6, 6.07) is 4.75. The Morgan fingerprint density at radius 3 is 2.73 bits per heavy atom. The van der Waals surface area contributed by atoms with Crippen molar-refractivity contribution >= 4 is 45.0 Å². The van der Waals surface area contributed by atoms with Crippen molar-refractivity contribution in [2.24, 2.45) is 0 Å². The average Bonchev–Trinajstić information content (AvgIpc) is 2.69. The quantitative estimate of drug-likeness (QED) is 0.741. The van der Waals surface area contributed by atoms with Crippen LogP contribution in [0.25, 0.3) is 0 Å². The maximum atomic E-state index is 12.5. The summed E-state index contributed by atoms with van der Waals surface area (Å²) in [5.41, 5.74) is 0.360. The highest BCUT2D eigenvalue weighted by atomic mass is 35.5. The number of hydrogen-bond acceptors (Lipinski definition) is 5. The van der Waals surface area contributed by atoms with Crippen LogP contribution in [0.1, 0.15) is 27.2 Å². The molecule has 1 heterocycles. The smallest absolute Gasteiger partial charge is 0.261 e. The summed E-state index contributed by atoms with van der Waals surface area (Å²) < 4.78 is 31.4. The number of fused-ring (bicyclic) bond motifs is 1. The van der Waals surface area contributed by atoms with Gasteiger partial charge in [-0.3, -0.25) is 9.10 Å². The lowest BCUT2D eigenvalue weighted by Crippen LogP contribution is -2.40. The van der Waals surface area contributed by atoms with E-state index in [1.807, 2.05) is 0 Å². The first-order valence-electron chi connectivity index (χ1n) is 8.33. The molecule has 1 aliphatic rings. The van der Waals surface area contributed by atoms with Crippen molar-refractivity contribution in [1.82, 2.24) is 5.32 Å². The topological polar surface area (TPSA) is 75.7 Å². The molecule has 1 amide bonds. The highest BCUT2D eigenvalue weighted by Gasteiger charge is 2.31. The monoisotopic (exact) mass is 420 g/mol. The number of carbonyl (C=O) groups excluding carboxylic acids is 1. The molecule has 1 aliphatic heterocycles. The molecule has 9 heteroatoms. The second kappa shape index (κ2) is 8.27. The molecular weight excluding hydrogens is 396 g/mol. The van der Waals surface area contributed by atoms with Gasteiger partial charge in [0, 0.05) is 35.0 Å². The van der Waals surface area contributed by atoms with Gasteiger partial charge in [-0.1, -0.05) is 32.4 Å². The molecule has 6 nitrogen and oxygen atoms in total. The summed E-state index contributed by atoms with van der Waals surface area (Å²) in [5.74, 6) is 0.890. The Morgan fingerprint density at radius 2 is 2.12 bits per heavy atom. The normalized spacial score (nSPS) is 17.9. The van der Waals surface area contributed by atoms with Crippen LogP contribution in [-0.2, 0) is 14.8 Å². The van der Waals surface area contributed by atoms with E-state index in [1.165, 1.54) is 10.4 Å². The third-order valence-electron chi connectivity index (χ3n) is 3.68. The number of nitrogens with one attached hydrogen (secondary N) is 1. The minimum atomic E-state index is -3.51. The summed E-state index contributed by atoms with van der Waals surface area (Å²) in [6.07, 6.45) is 0.640. The van der Waals surface area contributed by atoms with Crippen LogP contribution in [0.15, 0.2) is 18.2 Å². The number of amides is 1. The van der Waals surface area contributed by atoms with E-state index in [1.54, 1.807) is 23.9 Å². The zero-order valence-electron chi connectivity index (χ0n) is 15.4. The SMILES string of the molecule is CC(C)(C)SCCNC(=O)[C@H]1CCN(S(C)(=O)=O)c2cc(Cl)ccc2O1. The van der Waals surface area contributed by atoms with Crippen molar-refractivity contribution in [3.05, 3.63) is 23.2 Å². The molecule has 26 heavy (non-hydrogen) atoms. The van der Waals surface area contributed by atoms with Gasteiger partial charge >= 0.3 is 0 Å². The van der Waals surface area contributed by atoms with Gasteiger partial charge in [0.1, 0.15) is 5.75 Å². The predicted octanol–water partition coefficient (Wildman–Crippen LogP) is 2.91. The fraction of sp³-hybridized carbons (Fsp3) is 0.588. The Balaban J connectivity index is 2.10. The summed E-state index contributed by atoms with van der Waals surface area (Å²) >= 11 is 7.77. The van der Waals surface area contributed by atoms with Crippen molar-refractivity contribution in [2.75, 3.05) is 29.4 Å². The second-order valence-electron chi connectivity index (χ2n) is 7.09. The van der Waals surface area contributed by atoms with Crippen LogP contribution >= 0.6 is 23.4 Å². The lowest BCUT2D eigenvalue weighted by Gasteiger charge is -2.21. The predicted molar refractivity (Wildman–Crippen MR) is 108 cm³/mol. The van der Waals surface area contributed by atoms with Gasteiger partial charge in [0.15, 0.2) is 6.10 Å². The highest BCUT2D eigenvalue weighted by Crippen LogP contribution is 2.36. The Bertz CT molecular complexity index is 763. The fourth-order valence-electron chi connectivity index (χ4n) is 2.53. The van der Waals surface area contributed by atoms with Gasteiger partial charge in [-0.2, -0.15) is 11.8 Å². The zero-order chi connectivity index (χ0) is 19.5. The first kappa shape index (κ1) is 21.2. The average molecular weight is 421 g/mol. The lowest BCUT2D eigenvalue weighted by atomic mass is 10.2. The van der Waals surface area contributed by atoms with Gasteiger partial charge in [-0.25, -0.2) is 8.42 Å². The van der Waals surface area contributed by atoms with E-state index >= 15 is 0 Å². The number of rotatable bonds is 5. The summed E-state index contributed by atoms with van der Waals surface area (Å²) in [4.78, 5) is 12.5. The first-order valence-corrected chi connectivity index (χ1v) is 11.5. The molecule has 1 aromatic rings. The molecule has 0 fully saturated rings. The highest BCUT2D eigenvalue weighted by molar-refractivity contribution is 8.00. The largest absolute Gasteiger partial charge is 0.478 e. The van der Waals surface area contributed by atoms with Crippen LogP contribution in [0.5, 0.6) is 5.75 Å². The third-order valence-corrected chi connectivity index (χ3v) is 6.37. The molecule has 0 radical (unpaired) electrons. The lowest BCUT2D eigenvalue weighted by molar-refractivity contribution is -0.127. The molecule has 1 atom stereocenters. The van der Waals surface area contributed by atoms with Gasteiger partial charge in [0.2, 0.25) is 10.0 Å². The maximum Gasteiger partial charge on any atom is 0.261 e. The van der Waals surface area contributed by atoms with E-state index in [-0.39, 0.29) is 23.6 Å². The van der Waals surface area contributed by atoms with Crippen LogP contribution in [0, 0.1) is 0 Å². The minimum absolute atomic E-state index is 0.137. The van der Waals surface area contributed by atoms with E-state index in [2.05, 4.69) is 26.1 Å². The molecule has 1 N–H and O–H groups in total. The molecule has 0 spiro atoms. The van der Waals surface area contributed by atoms with Crippen molar-refractivity contribution in [3.63, 3.8) is 0 Å². The van der Waals surface area contributed by atoms with Crippen LogP contribution in [0.4, 0.5) is 5.69 Å². The van der Waals surface area contributed by atoms with Gasteiger partial charge in [0.25, 0.3) is 5.91 Å². The van der Waals surface area contributed by atoms with Crippen LogP contribution in [0.2, 0.25) is 5.02 Å². The molecule has 0 saturated carbocycles. The minimum Gasteiger partial charge on any atom is -0.478 e. The molecule has 0 bridgehead atoms. The molecule has 0 aliphatic carbocycles. The number of halogens is 1.